The summed E-state index contributed by atoms with van der Waals surface area (Å²) in [5.41, 5.74) is 1.73. The van der Waals surface area contributed by atoms with Gasteiger partial charge in [-0.2, -0.15) is 9.94 Å². The van der Waals surface area contributed by atoms with Crippen LogP contribution in [-0.2, 0) is 0 Å². The first-order valence-electron chi connectivity index (χ1n) is 8.89. The maximum atomic E-state index is 12.3. The van der Waals surface area contributed by atoms with Crippen LogP contribution in [0.2, 0.25) is 0 Å². The molecule has 4 rings (SSSR count). The van der Waals surface area contributed by atoms with Gasteiger partial charge in [0.25, 0.3) is 0 Å². The van der Waals surface area contributed by atoms with Crippen molar-refractivity contribution in [1.29, 1.82) is 5.26 Å². The van der Waals surface area contributed by atoms with E-state index in [2.05, 4.69) is 30.2 Å². The van der Waals surface area contributed by atoms with Crippen LogP contribution in [0.15, 0.2) is 59.4 Å². The maximum absolute atomic E-state index is 12.3. The molecule has 2 aromatic heterocycles. The van der Waals surface area contributed by atoms with Gasteiger partial charge in [0.05, 0.1) is 22.5 Å². The van der Waals surface area contributed by atoms with E-state index in [4.69, 9.17) is 0 Å². The Morgan fingerprint density at radius 1 is 1.19 bits per heavy atom. The van der Waals surface area contributed by atoms with Crippen LogP contribution < -0.4 is 4.74 Å². The van der Waals surface area contributed by atoms with Crippen LogP contribution in [0.5, 0.6) is 5.75 Å². The van der Waals surface area contributed by atoms with Gasteiger partial charge >= 0.3 is 6.36 Å². The van der Waals surface area contributed by atoms with Gasteiger partial charge in [0, 0.05) is 0 Å². The molecule has 0 aliphatic carbocycles. The fourth-order valence-corrected chi connectivity index (χ4v) is 3.52. The van der Waals surface area contributed by atoms with E-state index in [0.717, 1.165) is 29.4 Å². The van der Waals surface area contributed by atoms with E-state index >= 15 is 0 Å². The van der Waals surface area contributed by atoms with Gasteiger partial charge in [0.15, 0.2) is 5.82 Å². The molecule has 0 unspecified atom stereocenters. The number of aliphatic hydroxyl groups is 1. The second-order valence-electron chi connectivity index (χ2n) is 6.24. The molecule has 0 aliphatic rings. The first-order valence-corrected chi connectivity index (χ1v) is 9.87. The van der Waals surface area contributed by atoms with E-state index in [1.807, 2.05) is 12.1 Å². The van der Waals surface area contributed by atoms with Crippen LogP contribution in [0.3, 0.4) is 0 Å². The summed E-state index contributed by atoms with van der Waals surface area (Å²) in [7, 11) is 0. The Kier molecular flexibility index (Phi) is 5.69. The maximum Gasteiger partial charge on any atom is 0.573 e. The van der Waals surface area contributed by atoms with Crippen molar-refractivity contribution in [2.45, 2.75) is 11.5 Å². The van der Waals surface area contributed by atoms with Crippen LogP contribution in [0.25, 0.3) is 22.3 Å². The van der Waals surface area contributed by atoms with Crippen molar-refractivity contribution in [3.05, 3.63) is 60.1 Å². The lowest BCUT2D eigenvalue weighted by Gasteiger charge is -2.09. The minimum absolute atomic E-state index is 0.0265. The van der Waals surface area contributed by atoms with E-state index in [0.29, 0.717) is 11.2 Å². The summed E-state index contributed by atoms with van der Waals surface area (Å²) in [6, 6.07) is 14.1. The zero-order valence-electron chi connectivity index (χ0n) is 15.9. The minimum atomic E-state index is -4.79. The Morgan fingerprint density at radius 2 is 1.94 bits per heavy atom. The molecule has 9 nitrogen and oxygen atoms in total. The summed E-state index contributed by atoms with van der Waals surface area (Å²) in [6.45, 7) is 0. The standard InChI is InChI=1S/C19H12F3N7O2S/c20-19(21,22)31-12-7-5-11(6-8-12)29-18(26-27-28-29)32-10-16(30)13(9-23)17-24-14-3-1-2-4-15(14)25-17/h1-8,30H,10H2,(H,24,25)/b16-13-. The van der Waals surface area contributed by atoms with Crippen molar-refractivity contribution in [3.8, 4) is 17.5 Å². The zero-order chi connectivity index (χ0) is 22.7. The SMILES string of the molecule is N#C/C(=C(/O)CSc1nnnn1-c1ccc(OC(F)(F)F)cc1)c1nc2ccccc2[nH]1. The Morgan fingerprint density at radius 3 is 2.62 bits per heavy atom. The summed E-state index contributed by atoms with van der Waals surface area (Å²) in [5, 5.41) is 31.4. The molecule has 32 heavy (non-hydrogen) atoms. The molecule has 0 aliphatic heterocycles. The predicted octanol–water partition coefficient (Wildman–Crippen LogP) is 4.02. The second-order valence-corrected chi connectivity index (χ2v) is 7.18. The second kappa shape index (κ2) is 8.60. The number of fused-ring (bicyclic) bond motifs is 1. The van der Waals surface area contributed by atoms with Gasteiger partial charge < -0.3 is 14.8 Å². The number of hydrogen-bond acceptors (Lipinski definition) is 8. The number of nitrogens with zero attached hydrogens (tertiary/aromatic N) is 6. The van der Waals surface area contributed by atoms with Crippen molar-refractivity contribution in [3.63, 3.8) is 0 Å². The number of ether oxygens (including phenoxy) is 1. The summed E-state index contributed by atoms with van der Waals surface area (Å²) in [5.74, 6) is -0.435. The average Bonchev–Trinajstić information content (AvgIpc) is 3.39. The van der Waals surface area contributed by atoms with E-state index in [1.54, 1.807) is 18.2 Å². The van der Waals surface area contributed by atoms with E-state index in [1.165, 1.54) is 16.8 Å². The fraction of sp³-hybridized carbons (Fsp3) is 0.105. The Hall–Kier alpha value is -4.05. The van der Waals surface area contributed by atoms with Gasteiger partial charge in [-0.1, -0.05) is 23.9 Å². The Labute approximate surface area is 182 Å². The normalized spacial score (nSPS) is 12.4. The van der Waals surface area contributed by atoms with Crippen LogP contribution in [0.1, 0.15) is 5.82 Å². The van der Waals surface area contributed by atoms with Gasteiger partial charge in [-0.3, -0.25) is 0 Å². The van der Waals surface area contributed by atoms with Crippen molar-refractivity contribution in [2.24, 2.45) is 0 Å². The highest BCUT2D eigenvalue weighted by Gasteiger charge is 2.31. The number of aromatic nitrogens is 6. The molecule has 162 valence electrons. The number of imidazole rings is 1. The third-order valence-corrected chi connectivity index (χ3v) is 5.05. The number of tetrazole rings is 1. The number of allylic oxidation sites excluding steroid dienone is 1. The summed E-state index contributed by atoms with van der Waals surface area (Å²) in [4.78, 5) is 7.29. The predicted molar refractivity (Wildman–Crippen MR) is 108 cm³/mol. The highest BCUT2D eigenvalue weighted by Crippen LogP contribution is 2.27. The van der Waals surface area contributed by atoms with Crippen molar-refractivity contribution >= 4 is 28.4 Å². The van der Waals surface area contributed by atoms with Gasteiger partial charge in [-0.25, -0.2) is 4.98 Å². The summed E-state index contributed by atoms with van der Waals surface area (Å²) < 4.78 is 42.1. The van der Waals surface area contributed by atoms with E-state index in [-0.39, 0.29) is 33.8 Å². The minimum Gasteiger partial charge on any atom is -0.510 e. The number of halogens is 3. The molecule has 0 amide bonds. The smallest absolute Gasteiger partial charge is 0.510 e. The third-order valence-electron chi connectivity index (χ3n) is 4.12. The van der Waals surface area contributed by atoms with Crippen molar-refractivity contribution in [1.82, 2.24) is 30.2 Å². The number of aliphatic hydroxyl groups excluding tert-OH is 1. The quantitative estimate of drug-likeness (QED) is 0.252. The fourth-order valence-electron chi connectivity index (χ4n) is 2.75. The van der Waals surface area contributed by atoms with Crippen LogP contribution in [0, 0.1) is 11.3 Å². The first-order chi connectivity index (χ1) is 15.3. The lowest BCUT2D eigenvalue weighted by atomic mass is 10.2. The number of rotatable bonds is 6. The van der Waals surface area contributed by atoms with Crippen LogP contribution >= 0.6 is 11.8 Å². The monoisotopic (exact) mass is 459 g/mol. The van der Waals surface area contributed by atoms with Crippen molar-refractivity contribution < 1.29 is 23.0 Å². The average molecular weight is 459 g/mol. The molecule has 2 heterocycles. The van der Waals surface area contributed by atoms with Gasteiger partial charge in [-0.05, 0) is 46.8 Å². The van der Waals surface area contributed by atoms with Gasteiger partial charge in [0.2, 0.25) is 5.16 Å². The molecular weight excluding hydrogens is 447 g/mol. The Bertz CT molecular complexity index is 1290. The number of thioether (sulfide) groups is 1. The topological polar surface area (TPSA) is 126 Å². The van der Waals surface area contributed by atoms with Gasteiger partial charge in [0.1, 0.15) is 23.2 Å². The van der Waals surface area contributed by atoms with Crippen molar-refractivity contribution in [2.75, 3.05) is 5.75 Å². The highest BCUT2D eigenvalue weighted by atomic mass is 32.2. The molecule has 2 aromatic carbocycles. The molecule has 0 fully saturated rings. The first kappa shape index (κ1) is 21.2. The molecule has 13 heteroatoms. The molecule has 0 saturated heterocycles. The molecule has 2 N–H and O–H groups in total. The van der Waals surface area contributed by atoms with E-state index < -0.39 is 6.36 Å². The largest absolute Gasteiger partial charge is 0.573 e. The molecule has 0 radical (unpaired) electrons. The summed E-state index contributed by atoms with van der Waals surface area (Å²) >= 11 is 1.03. The number of nitrogens with one attached hydrogen (secondary N) is 1. The molecule has 0 spiro atoms. The number of alkyl halides is 3. The van der Waals surface area contributed by atoms with Crippen LogP contribution in [-0.4, -0.2) is 47.4 Å². The number of para-hydroxylation sites is 2. The molecule has 0 saturated carbocycles. The number of H-pyrrole nitrogens is 1. The van der Waals surface area contributed by atoms with Gasteiger partial charge in [-0.15, -0.1) is 18.3 Å². The number of benzene rings is 2. The van der Waals surface area contributed by atoms with E-state index in [9.17, 15) is 23.5 Å². The lowest BCUT2D eigenvalue weighted by Crippen LogP contribution is -2.17. The molecule has 0 bridgehead atoms. The molecule has 4 aromatic rings. The zero-order valence-corrected chi connectivity index (χ0v) is 16.7. The molecule has 0 atom stereocenters. The number of nitriles is 1. The Balaban J connectivity index is 1.52. The van der Waals surface area contributed by atoms with Crippen LogP contribution in [0.4, 0.5) is 13.2 Å². The highest BCUT2D eigenvalue weighted by molar-refractivity contribution is 7.99. The molecular formula is C19H12F3N7O2S. The third kappa shape index (κ3) is 4.65. The lowest BCUT2D eigenvalue weighted by molar-refractivity contribution is -0.274. The number of hydrogen-bond donors (Lipinski definition) is 2. The summed E-state index contributed by atoms with van der Waals surface area (Å²) in [6.07, 6.45) is -4.79. The number of aromatic amines is 1.